The van der Waals surface area contributed by atoms with Gasteiger partial charge in [-0.3, -0.25) is 10.1 Å². The van der Waals surface area contributed by atoms with E-state index in [1.807, 2.05) is 30.3 Å². The number of fused-ring (bicyclic) bond motifs is 1. The molecule has 1 aromatic heterocycles. The number of phenolic OH excluding ortho intramolecular Hbond substituents is 1. The first-order valence-electron chi connectivity index (χ1n) is 11.6. The summed E-state index contributed by atoms with van der Waals surface area (Å²) >= 11 is 0. The number of nitro groups is 1. The van der Waals surface area contributed by atoms with Crippen LogP contribution in [-0.2, 0) is 0 Å². The monoisotopic (exact) mass is 484 g/mol. The summed E-state index contributed by atoms with van der Waals surface area (Å²) in [6.45, 7) is 1.68. The number of hydrogen-bond acceptors (Lipinski definition) is 10. The van der Waals surface area contributed by atoms with Crippen molar-refractivity contribution in [3.05, 3.63) is 76.3 Å². The molecule has 0 aliphatic carbocycles. The highest BCUT2D eigenvalue weighted by Gasteiger charge is 2.17. The molecule has 0 unspecified atom stereocenters. The SMILES string of the molecule is O=[N+]([O-])c1ccc(Nc2nc(N/N=C/c3c(O)ccc4ccccc34)nc(N3CCCCC3)n2)cc1. The van der Waals surface area contributed by atoms with Gasteiger partial charge in [0.05, 0.1) is 11.1 Å². The van der Waals surface area contributed by atoms with Crippen LogP contribution in [0.4, 0.5) is 29.2 Å². The van der Waals surface area contributed by atoms with Gasteiger partial charge in [0.15, 0.2) is 0 Å². The number of piperidine rings is 1. The number of hydrogen-bond donors (Lipinski definition) is 3. The zero-order valence-corrected chi connectivity index (χ0v) is 19.3. The van der Waals surface area contributed by atoms with Crippen LogP contribution in [0, 0.1) is 10.1 Å². The van der Waals surface area contributed by atoms with Gasteiger partial charge in [0.25, 0.3) is 5.69 Å². The number of non-ortho nitro benzene ring substituents is 1. The molecule has 5 rings (SSSR count). The van der Waals surface area contributed by atoms with Crippen molar-refractivity contribution in [1.82, 2.24) is 15.0 Å². The van der Waals surface area contributed by atoms with Gasteiger partial charge in [-0.2, -0.15) is 20.1 Å². The van der Waals surface area contributed by atoms with E-state index in [0.29, 0.717) is 17.2 Å². The third-order valence-corrected chi connectivity index (χ3v) is 5.90. The van der Waals surface area contributed by atoms with E-state index in [4.69, 9.17) is 0 Å². The smallest absolute Gasteiger partial charge is 0.269 e. The number of aromatic nitrogens is 3. The molecule has 3 N–H and O–H groups in total. The average Bonchev–Trinajstić information content (AvgIpc) is 2.90. The Morgan fingerprint density at radius 3 is 2.47 bits per heavy atom. The van der Waals surface area contributed by atoms with Gasteiger partial charge in [-0.25, -0.2) is 5.43 Å². The molecule has 1 fully saturated rings. The highest BCUT2D eigenvalue weighted by molar-refractivity contribution is 6.02. The minimum absolute atomic E-state index is 0.00131. The predicted molar refractivity (Wildman–Crippen MR) is 139 cm³/mol. The standard InChI is InChI=1S/C25H24N8O3/c34-22-13-8-17-6-2-3-7-20(17)21(22)16-26-31-24-28-23(27-18-9-11-19(12-10-18)33(35)36)29-25(30-24)32-14-4-1-5-15-32/h2-3,6-13,16,34H,1,4-5,14-15H2,(H2,27,28,29,30,31)/b26-16+. The van der Waals surface area contributed by atoms with Gasteiger partial charge in [-0.1, -0.05) is 30.3 Å². The Labute approximate surface area is 206 Å². The molecule has 11 nitrogen and oxygen atoms in total. The predicted octanol–water partition coefficient (Wildman–Crippen LogP) is 4.82. The Kier molecular flexibility index (Phi) is 6.52. The Bertz CT molecular complexity index is 1420. The normalized spacial score (nSPS) is 13.7. The van der Waals surface area contributed by atoms with E-state index in [1.165, 1.54) is 24.8 Å². The molecule has 4 aromatic rings. The van der Waals surface area contributed by atoms with Crippen molar-refractivity contribution in [2.75, 3.05) is 28.7 Å². The maximum Gasteiger partial charge on any atom is 0.269 e. The lowest BCUT2D eigenvalue weighted by Gasteiger charge is -2.26. The quantitative estimate of drug-likeness (QED) is 0.191. The highest BCUT2D eigenvalue weighted by atomic mass is 16.6. The maximum atomic E-state index is 10.9. The zero-order valence-electron chi connectivity index (χ0n) is 19.3. The average molecular weight is 485 g/mol. The third-order valence-electron chi connectivity index (χ3n) is 5.90. The minimum Gasteiger partial charge on any atom is -0.507 e. The van der Waals surface area contributed by atoms with Crippen molar-refractivity contribution >= 4 is 46.2 Å². The summed E-state index contributed by atoms with van der Waals surface area (Å²) in [6.07, 6.45) is 4.81. The van der Waals surface area contributed by atoms with Crippen LogP contribution in [0.2, 0.25) is 0 Å². The number of phenols is 1. The second kappa shape index (κ2) is 10.2. The van der Waals surface area contributed by atoms with Crippen LogP contribution >= 0.6 is 0 Å². The maximum absolute atomic E-state index is 10.9. The van der Waals surface area contributed by atoms with Gasteiger partial charge in [0.2, 0.25) is 17.8 Å². The lowest BCUT2D eigenvalue weighted by molar-refractivity contribution is -0.384. The summed E-state index contributed by atoms with van der Waals surface area (Å²) < 4.78 is 0. The van der Waals surface area contributed by atoms with Crippen LogP contribution in [0.5, 0.6) is 5.75 Å². The first-order chi connectivity index (χ1) is 17.6. The first-order valence-corrected chi connectivity index (χ1v) is 11.6. The first kappa shape index (κ1) is 23.0. The molecule has 36 heavy (non-hydrogen) atoms. The second-order valence-electron chi connectivity index (χ2n) is 8.35. The van der Waals surface area contributed by atoms with E-state index in [1.54, 1.807) is 18.2 Å². The summed E-state index contributed by atoms with van der Waals surface area (Å²) in [7, 11) is 0. The fourth-order valence-electron chi connectivity index (χ4n) is 4.08. The fourth-order valence-corrected chi connectivity index (χ4v) is 4.08. The van der Waals surface area contributed by atoms with Crippen LogP contribution < -0.4 is 15.6 Å². The Balaban J connectivity index is 1.42. The van der Waals surface area contributed by atoms with Gasteiger partial charge >= 0.3 is 0 Å². The molecule has 2 heterocycles. The van der Waals surface area contributed by atoms with E-state index in [-0.39, 0.29) is 23.3 Å². The number of rotatable bonds is 7. The summed E-state index contributed by atoms with van der Waals surface area (Å²) in [5.74, 6) is 1.14. The molecular formula is C25H24N8O3. The number of nitro benzene ring substituents is 1. The van der Waals surface area contributed by atoms with Gasteiger partial charge in [-0.05, 0) is 48.2 Å². The van der Waals surface area contributed by atoms with Gasteiger partial charge in [0, 0.05) is 36.5 Å². The van der Waals surface area contributed by atoms with E-state index in [2.05, 4.69) is 35.7 Å². The number of hydrazone groups is 1. The van der Waals surface area contributed by atoms with Crippen LogP contribution in [0.25, 0.3) is 10.8 Å². The van der Waals surface area contributed by atoms with Crippen LogP contribution in [0.1, 0.15) is 24.8 Å². The molecule has 182 valence electrons. The van der Waals surface area contributed by atoms with Crippen molar-refractivity contribution in [1.29, 1.82) is 0 Å². The molecule has 0 bridgehead atoms. The highest BCUT2D eigenvalue weighted by Crippen LogP contribution is 2.26. The van der Waals surface area contributed by atoms with Gasteiger partial charge in [-0.15, -0.1) is 0 Å². The van der Waals surface area contributed by atoms with Crippen LogP contribution in [0.3, 0.4) is 0 Å². The molecule has 11 heteroatoms. The summed E-state index contributed by atoms with van der Waals surface area (Å²) in [4.78, 5) is 26.1. The molecular weight excluding hydrogens is 460 g/mol. The van der Waals surface area contributed by atoms with E-state index in [9.17, 15) is 15.2 Å². The Morgan fingerprint density at radius 2 is 1.69 bits per heavy atom. The zero-order chi connectivity index (χ0) is 24.9. The van der Waals surface area contributed by atoms with Gasteiger partial charge in [0.1, 0.15) is 5.75 Å². The van der Waals surface area contributed by atoms with Crippen molar-refractivity contribution in [3.63, 3.8) is 0 Å². The number of benzene rings is 3. The van der Waals surface area contributed by atoms with Crippen LogP contribution in [0.15, 0.2) is 65.8 Å². The molecule has 0 saturated carbocycles. The van der Waals surface area contributed by atoms with E-state index in [0.717, 1.165) is 36.7 Å². The summed E-state index contributed by atoms with van der Waals surface area (Å²) in [6, 6.07) is 17.2. The largest absolute Gasteiger partial charge is 0.507 e. The lowest BCUT2D eigenvalue weighted by atomic mass is 10.0. The molecule has 0 amide bonds. The number of nitrogens with zero attached hydrogens (tertiary/aromatic N) is 6. The second-order valence-corrected chi connectivity index (χ2v) is 8.35. The molecule has 1 saturated heterocycles. The van der Waals surface area contributed by atoms with Crippen molar-refractivity contribution in [3.8, 4) is 5.75 Å². The minimum atomic E-state index is -0.449. The van der Waals surface area contributed by atoms with Crippen molar-refractivity contribution < 1.29 is 10.0 Å². The van der Waals surface area contributed by atoms with Gasteiger partial charge < -0.3 is 15.3 Å². The topological polar surface area (TPSA) is 142 Å². The van der Waals surface area contributed by atoms with Crippen molar-refractivity contribution in [2.45, 2.75) is 19.3 Å². The van der Waals surface area contributed by atoms with Crippen LogP contribution in [-0.4, -0.2) is 44.3 Å². The molecule has 0 atom stereocenters. The Hall–Kier alpha value is -4.80. The molecule has 1 aliphatic rings. The van der Waals surface area contributed by atoms with Crippen molar-refractivity contribution in [2.24, 2.45) is 5.10 Å². The van der Waals surface area contributed by atoms with E-state index < -0.39 is 4.92 Å². The number of nitrogens with one attached hydrogen (secondary N) is 2. The summed E-state index contributed by atoms with van der Waals surface area (Å²) in [5, 5.41) is 30.5. The number of aromatic hydroxyl groups is 1. The van der Waals surface area contributed by atoms with E-state index >= 15 is 0 Å². The fraction of sp³-hybridized carbons (Fsp3) is 0.200. The lowest BCUT2D eigenvalue weighted by Crippen LogP contribution is -2.31. The Morgan fingerprint density at radius 1 is 0.944 bits per heavy atom. The molecule has 3 aromatic carbocycles. The molecule has 0 spiro atoms. The number of anilines is 4. The molecule has 0 radical (unpaired) electrons. The summed E-state index contributed by atoms with van der Waals surface area (Å²) in [5.41, 5.74) is 4.04. The molecule has 1 aliphatic heterocycles. The third kappa shape index (κ3) is 5.14.